The van der Waals surface area contributed by atoms with E-state index < -0.39 is 0 Å². The standard InChI is InChI=1S/C33H29N5O2S/c1-23-12-16-25(17-13-23)37-21-7-11-29(37)32-31(28-10-5-6-20-34-28)36-33(41)38(32)26-18-14-24(15-19-26)35-30(39)22-40-27-8-3-2-4-9-27/h2-21,31-32H,22H2,1H3,(H,35,39)(H,36,41). The highest BCUT2D eigenvalue weighted by Gasteiger charge is 2.42. The van der Waals surface area contributed by atoms with Gasteiger partial charge in [0, 0.05) is 35.1 Å². The number of nitrogens with one attached hydrogen (secondary N) is 2. The molecule has 1 aliphatic rings. The highest BCUT2D eigenvalue weighted by Crippen LogP contribution is 2.42. The van der Waals surface area contributed by atoms with Gasteiger partial charge in [-0.25, -0.2) is 0 Å². The van der Waals surface area contributed by atoms with Crippen LogP contribution in [0.15, 0.2) is 122 Å². The Balaban J connectivity index is 1.28. The lowest BCUT2D eigenvalue weighted by molar-refractivity contribution is -0.118. The van der Waals surface area contributed by atoms with Gasteiger partial charge in [0.25, 0.3) is 5.91 Å². The van der Waals surface area contributed by atoms with Gasteiger partial charge in [0.05, 0.1) is 11.7 Å². The Morgan fingerprint density at radius 2 is 1.63 bits per heavy atom. The van der Waals surface area contributed by atoms with Gasteiger partial charge in [0.1, 0.15) is 11.8 Å². The molecule has 0 bridgehead atoms. The second-order valence-corrected chi connectivity index (χ2v) is 10.2. The zero-order valence-corrected chi connectivity index (χ0v) is 23.3. The molecule has 3 heterocycles. The third kappa shape index (κ3) is 5.69. The quantitative estimate of drug-likeness (QED) is 0.215. The summed E-state index contributed by atoms with van der Waals surface area (Å²) in [5.74, 6) is 0.418. The summed E-state index contributed by atoms with van der Waals surface area (Å²) < 4.78 is 7.77. The van der Waals surface area contributed by atoms with Crippen LogP contribution in [0.1, 0.15) is 29.0 Å². The largest absolute Gasteiger partial charge is 0.484 e. The Hall–Kier alpha value is -4.95. The van der Waals surface area contributed by atoms with Crippen molar-refractivity contribution in [2.45, 2.75) is 19.0 Å². The van der Waals surface area contributed by atoms with Gasteiger partial charge in [0.15, 0.2) is 11.7 Å². The van der Waals surface area contributed by atoms with E-state index in [1.165, 1.54) is 5.56 Å². The number of aromatic nitrogens is 2. The molecule has 204 valence electrons. The molecule has 5 aromatic rings. The summed E-state index contributed by atoms with van der Waals surface area (Å²) in [4.78, 5) is 19.3. The van der Waals surface area contributed by atoms with E-state index in [2.05, 4.69) is 74.6 Å². The molecule has 0 radical (unpaired) electrons. The maximum absolute atomic E-state index is 12.5. The number of hydrogen-bond acceptors (Lipinski definition) is 4. The van der Waals surface area contributed by atoms with Gasteiger partial charge in [-0.15, -0.1) is 0 Å². The smallest absolute Gasteiger partial charge is 0.262 e. The SMILES string of the molecule is Cc1ccc(-n2cccc2C2C(c3ccccn3)NC(=S)N2c2ccc(NC(=O)COc3ccccc3)cc2)cc1. The van der Waals surface area contributed by atoms with Gasteiger partial charge in [0.2, 0.25) is 0 Å². The molecule has 1 aliphatic heterocycles. The van der Waals surface area contributed by atoms with Crippen LogP contribution >= 0.6 is 12.2 Å². The van der Waals surface area contributed by atoms with Gasteiger partial charge in [-0.1, -0.05) is 42.0 Å². The summed E-state index contributed by atoms with van der Waals surface area (Å²) in [5.41, 5.74) is 5.84. The van der Waals surface area contributed by atoms with Crippen molar-refractivity contribution in [3.63, 3.8) is 0 Å². The minimum absolute atomic E-state index is 0.0737. The Morgan fingerprint density at radius 3 is 2.37 bits per heavy atom. The number of carbonyl (C=O) groups excluding carboxylic acids is 1. The summed E-state index contributed by atoms with van der Waals surface area (Å²) in [6.45, 7) is 2.01. The van der Waals surface area contributed by atoms with Crippen molar-refractivity contribution >= 4 is 34.6 Å². The fourth-order valence-electron chi connectivity index (χ4n) is 5.08. The molecular formula is C33H29N5O2S. The Bertz CT molecular complexity index is 1640. The Labute approximate surface area is 244 Å². The first-order chi connectivity index (χ1) is 20.1. The van der Waals surface area contributed by atoms with Gasteiger partial charge >= 0.3 is 0 Å². The number of pyridine rings is 1. The van der Waals surface area contributed by atoms with Crippen molar-refractivity contribution in [3.05, 3.63) is 139 Å². The third-order valence-corrected chi connectivity index (χ3v) is 7.35. The van der Waals surface area contributed by atoms with E-state index in [0.29, 0.717) is 16.5 Å². The van der Waals surface area contributed by atoms with E-state index in [4.69, 9.17) is 17.0 Å². The summed E-state index contributed by atoms with van der Waals surface area (Å²) in [5, 5.41) is 7.03. The average molecular weight is 560 g/mol. The number of thiocarbonyl (C=S) groups is 1. The molecule has 2 N–H and O–H groups in total. The van der Waals surface area contributed by atoms with Gasteiger partial charge in [-0.3, -0.25) is 9.78 Å². The molecule has 2 aromatic heterocycles. The fraction of sp³-hybridized carbons (Fsp3) is 0.121. The number of nitrogens with zero attached hydrogens (tertiary/aromatic N) is 3. The van der Waals surface area contributed by atoms with Gasteiger partial charge in [-0.2, -0.15) is 0 Å². The second-order valence-electron chi connectivity index (χ2n) is 9.83. The van der Waals surface area contributed by atoms with Crippen molar-refractivity contribution in [3.8, 4) is 11.4 Å². The van der Waals surface area contributed by atoms with Crippen LogP contribution in [0.2, 0.25) is 0 Å². The van der Waals surface area contributed by atoms with Crippen LogP contribution in [0.3, 0.4) is 0 Å². The van der Waals surface area contributed by atoms with Crippen molar-refractivity contribution in [2.24, 2.45) is 0 Å². The first kappa shape index (κ1) is 26.3. The summed E-state index contributed by atoms with van der Waals surface area (Å²) >= 11 is 5.90. The van der Waals surface area contributed by atoms with Crippen molar-refractivity contribution < 1.29 is 9.53 Å². The fourth-order valence-corrected chi connectivity index (χ4v) is 5.42. The number of anilines is 2. The highest BCUT2D eigenvalue weighted by atomic mass is 32.1. The molecule has 0 spiro atoms. The van der Waals surface area contributed by atoms with E-state index in [1.807, 2.05) is 72.8 Å². The number of aryl methyl sites for hydroxylation is 1. The molecule has 41 heavy (non-hydrogen) atoms. The molecule has 1 amide bonds. The predicted octanol–water partition coefficient (Wildman–Crippen LogP) is 6.38. The number of para-hydroxylation sites is 1. The minimum atomic E-state index is -0.232. The van der Waals surface area contributed by atoms with Crippen LogP contribution in [0.25, 0.3) is 5.69 Å². The van der Waals surface area contributed by atoms with Crippen molar-refractivity contribution in [2.75, 3.05) is 16.8 Å². The molecule has 8 heteroatoms. The van der Waals surface area contributed by atoms with Crippen LogP contribution in [0, 0.1) is 6.92 Å². The normalized spacial score (nSPS) is 16.3. The zero-order valence-electron chi connectivity index (χ0n) is 22.5. The van der Waals surface area contributed by atoms with Crippen LogP contribution < -0.4 is 20.3 Å². The molecular weight excluding hydrogens is 530 g/mol. The molecule has 1 fully saturated rings. The first-order valence-corrected chi connectivity index (χ1v) is 13.8. The monoisotopic (exact) mass is 559 g/mol. The number of rotatable bonds is 8. The predicted molar refractivity (Wildman–Crippen MR) is 165 cm³/mol. The van der Waals surface area contributed by atoms with Gasteiger partial charge in [-0.05, 0) is 91.9 Å². The molecule has 7 nitrogen and oxygen atoms in total. The lowest BCUT2D eigenvalue weighted by Gasteiger charge is -2.29. The number of hydrogen-bond donors (Lipinski definition) is 2. The van der Waals surface area contributed by atoms with E-state index in [0.717, 1.165) is 22.8 Å². The molecule has 1 saturated heterocycles. The third-order valence-electron chi connectivity index (χ3n) is 7.04. The van der Waals surface area contributed by atoms with Gasteiger partial charge < -0.3 is 24.8 Å². The Morgan fingerprint density at radius 1 is 0.902 bits per heavy atom. The van der Waals surface area contributed by atoms with Crippen molar-refractivity contribution in [1.29, 1.82) is 0 Å². The molecule has 0 saturated carbocycles. The molecule has 6 rings (SSSR count). The van der Waals surface area contributed by atoms with E-state index >= 15 is 0 Å². The summed E-state index contributed by atoms with van der Waals surface area (Å²) in [7, 11) is 0. The maximum Gasteiger partial charge on any atom is 0.262 e. The van der Waals surface area contributed by atoms with E-state index in [9.17, 15) is 4.79 Å². The second kappa shape index (κ2) is 11.7. The lowest BCUT2D eigenvalue weighted by Crippen LogP contribution is -2.30. The molecule has 3 aromatic carbocycles. The Kier molecular flexibility index (Phi) is 7.47. The molecule has 2 unspecified atom stereocenters. The lowest BCUT2D eigenvalue weighted by atomic mass is 10.0. The zero-order chi connectivity index (χ0) is 28.2. The van der Waals surface area contributed by atoms with Crippen LogP contribution in [-0.4, -0.2) is 27.2 Å². The average Bonchev–Trinajstić information content (AvgIpc) is 3.62. The number of amides is 1. The van der Waals surface area contributed by atoms with E-state index in [1.54, 1.807) is 6.20 Å². The minimum Gasteiger partial charge on any atom is -0.484 e. The summed E-state index contributed by atoms with van der Waals surface area (Å²) in [6, 6.07) is 35.2. The number of ether oxygens (including phenoxy) is 1. The van der Waals surface area contributed by atoms with Crippen molar-refractivity contribution in [1.82, 2.24) is 14.9 Å². The van der Waals surface area contributed by atoms with Crippen LogP contribution in [0.4, 0.5) is 11.4 Å². The highest BCUT2D eigenvalue weighted by molar-refractivity contribution is 7.80. The van der Waals surface area contributed by atoms with Crippen LogP contribution in [-0.2, 0) is 4.79 Å². The number of benzene rings is 3. The maximum atomic E-state index is 12.5. The topological polar surface area (TPSA) is 71.4 Å². The van der Waals surface area contributed by atoms with E-state index in [-0.39, 0.29) is 24.6 Å². The molecule has 2 atom stereocenters. The summed E-state index contributed by atoms with van der Waals surface area (Å²) in [6.07, 6.45) is 3.88. The van der Waals surface area contributed by atoms with Crippen LogP contribution in [0.5, 0.6) is 5.75 Å². The molecule has 0 aliphatic carbocycles. The first-order valence-electron chi connectivity index (χ1n) is 13.4. The number of carbonyl (C=O) groups is 1.